The monoisotopic (exact) mass is 367 g/mol. The van der Waals surface area contributed by atoms with Gasteiger partial charge in [0.25, 0.3) is 5.91 Å². The Morgan fingerprint density at radius 1 is 1.33 bits per heavy atom. The number of pyridine rings is 1. The van der Waals surface area contributed by atoms with Gasteiger partial charge in [0.2, 0.25) is 5.88 Å². The average molecular weight is 367 g/mol. The number of aromatic nitrogens is 5. The van der Waals surface area contributed by atoms with Crippen molar-refractivity contribution in [3.8, 4) is 5.88 Å². The third-order valence-electron chi connectivity index (χ3n) is 4.49. The number of ether oxygens (including phenoxy) is 1. The first kappa shape index (κ1) is 17.3. The third kappa shape index (κ3) is 4.56. The molecule has 0 spiro atoms. The topological polar surface area (TPSA) is 97.5 Å². The minimum Gasteiger partial charge on any atom is -0.467 e. The van der Waals surface area contributed by atoms with Crippen molar-refractivity contribution >= 4 is 11.6 Å². The number of carbonyl (C=O) groups is 1. The molecule has 0 aromatic carbocycles. The van der Waals surface area contributed by atoms with Crippen LogP contribution in [0.15, 0.2) is 43.0 Å². The summed E-state index contributed by atoms with van der Waals surface area (Å²) >= 11 is 0. The van der Waals surface area contributed by atoms with Crippen molar-refractivity contribution in [1.82, 2.24) is 35.0 Å². The van der Waals surface area contributed by atoms with Crippen LogP contribution in [0.2, 0.25) is 0 Å². The SMILES string of the molecule is O=C(COc1ccc2nncn2n1)NC1CCCN(Cc2cccnc2)C1. The lowest BCUT2D eigenvalue weighted by Gasteiger charge is -2.33. The maximum atomic E-state index is 12.2. The quantitative estimate of drug-likeness (QED) is 0.684. The highest BCUT2D eigenvalue weighted by Gasteiger charge is 2.21. The summed E-state index contributed by atoms with van der Waals surface area (Å²) in [5, 5.41) is 14.9. The number of fused-ring (bicyclic) bond motifs is 1. The predicted molar refractivity (Wildman–Crippen MR) is 97.0 cm³/mol. The highest BCUT2D eigenvalue weighted by atomic mass is 16.5. The molecule has 1 N–H and O–H groups in total. The van der Waals surface area contributed by atoms with Crippen LogP contribution in [0.5, 0.6) is 5.88 Å². The minimum absolute atomic E-state index is 0.0697. The molecule has 0 radical (unpaired) electrons. The molecular formula is C18H21N7O2. The van der Waals surface area contributed by atoms with Gasteiger partial charge in [0.1, 0.15) is 6.33 Å². The van der Waals surface area contributed by atoms with Crippen LogP contribution in [0.1, 0.15) is 18.4 Å². The number of piperidine rings is 1. The fraction of sp³-hybridized carbons (Fsp3) is 0.389. The van der Waals surface area contributed by atoms with E-state index in [2.05, 4.69) is 36.6 Å². The lowest BCUT2D eigenvalue weighted by atomic mass is 10.1. The van der Waals surface area contributed by atoms with E-state index in [4.69, 9.17) is 4.74 Å². The number of amides is 1. The Bertz CT molecular complexity index is 899. The van der Waals surface area contributed by atoms with E-state index in [1.54, 1.807) is 18.3 Å². The molecule has 3 aromatic heterocycles. The number of likely N-dealkylation sites (tertiary alicyclic amines) is 1. The normalized spacial score (nSPS) is 17.7. The first-order valence-corrected chi connectivity index (χ1v) is 8.97. The zero-order valence-electron chi connectivity index (χ0n) is 14.9. The largest absolute Gasteiger partial charge is 0.467 e. The van der Waals surface area contributed by atoms with Crippen LogP contribution in [0.3, 0.4) is 0 Å². The number of rotatable bonds is 6. The molecule has 9 heteroatoms. The second-order valence-electron chi connectivity index (χ2n) is 6.60. The lowest BCUT2D eigenvalue weighted by Crippen LogP contribution is -2.48. The molecule has 0 aliphatic carbocycles. The molecule has 1 amide bonds. The Balaban J connectivity index is 1.26. The summed E-state index contributed by atoms with van der Waals surface area (Å²) in [6.07, 6.45) is 7.17. The van der Waals surface area contributed by atoms with Gasteiger partial charge in [-0.2, -0.15) is 4.52 Å². The Hall–Kier alpha value is -3.07. The van der Waals surface area contributed by atoms with Gasteiger partial charge in [0, 0.05) is 37.6 Å². The Morgan fingerprint density at radius 3 is 3.19 bits per heavy atom. The van der Waals surface area contributed by atoms with E-state index in [-0.39, 0.29) is 18.6 Å². The third-order valence-corrected chi connectivity index (χ3v) is 4.49. The molecule has 1 aliphatic rings. The standard InChI is InChI=1S/C18H21N7O2/c26-17(12-27-18-6-5-16-22-20-13-25(16)23-18)21-15-4-2-8-24(11-15)10-14-3-1-7-19-9-14/h1,3,5-7,9,13,15H,2,4,8,10-12H2,(H,21,26). The highest BCUT2D eigenvalue weighted by Crippen LogP contribution is 2.13. The Morgan fingerprint density at radius 2 is 2.30 bits per heavy atom. The molecule has 140 valence electrons. The molecule has 4 rings (SSSR count). The zero-order valence-corrected chi connectivity index (χ0v) is 14.9. The van der Waals surface area contributed by atoms with E-state index in [9.17, 15) is 4.79 Å². The molecule has 0 saturated carbocycles. The highest BCUT2D eigenvalue weighted by molar-refractivity contribution is 5.77. The van der Waals surface area contributed by atoms with Gasteiger partial charge in [-0.1, -0.05) is 6.07 Å². The van der Waals surface area contributed by atoms with Gasteiger partial charge in [-0.05, 0) is 37.1 Å². The zero-order chi connectivity index (χ0) is 18.5. The summed E-state index contributed by atoms with van der Waals surface area (Å²) in [5.74, 6) is 0.216. The summed E-state index contributed by atoms with van der Waals surface area (Å²) < 4.78 is 6.99. The molecule has 9 nitrogen and oxygen atoms in total. The first-order valence-electron chi connectivity index (χ1n) is 8.97. The summed E-state index contributed by atoms with van der Waals surface area (Å²) in [6.45, 7) is 2.63. The summed E-state index contributed by atoms with van der Waals surface area (Å²) in [4.78, 5) is 18.7. The number of carbonyl (C=O) groups excluding carboxylic acids is 1. The van der Waals surface area contributed by atoms with Gasteiger partial charge in [-0.15, -0.1) is 15.3 Å². The molecule has 1 unspecified atom stereocenters. The first-order chi connectivity index (χ1) is 13.3. The average Bonchev–Trinajstić information content (AvgIpc) is 3.15. The van der Waals surface area contributed by atoms with Crippen LogP contribution in [0, 0.1) is 0 Å². The predicted octanol–water partition coefficient (Wildman–Crippen LogP) is 0.679. The summed E-state index contributed by atoms with van der Waals surface area (Å²) in [6, 6.07) is 7.56. The summed E-state index contributed by atoms with van der Waals surface area (Å²) in [5.41, 5.74) is 1.81. The van der Waals surface area contributed by atoms with E-state index in [0.29, 0.717) is 11.5 Å². The van der Waals surface area contributed by atoms with Gasteiger partial charge < -0.3 is 10.1 Å². The smallest absolute Gasteiger partial charge is 0.258 e. The second kappa shape index (κ2) is 8.09. The fourth-order valence-corrected chi connectivity index (χ4v) is 3.26. The van der Waals surface area contributed by atoms with Crippen molar-refractivity contribution in [2.24, 2.45) is 0 Å². The van der Waals surface area contributed by atoms with Gasteiger partial charge in [-0.25, -0.2) is 0 Å². The van der Waals surface area contributed by atoms with E-state index in [0.717, 1.165) is 32.5 Å². The Kier molecular flexibility index (Phi) is 5.20. The second-order valence-corrected chi connectivity index (χ2v) is 6.60. The van der Waals surface area contributed by atoms with Crippen LogP contribution >= 0.6 is 0 Å². The van der Waals surface area contributed by atoms with Crippen LogP contribution in [0.25, 0.3) is 5.65 Å². The lowest BCUT2D eigenvalue weighted by molar-refractivity contribution is -0.124. The fourth-order valence-electron chi connectivity index (χ4n) is 3.26. The van der Waals surface area contributed by atoms with Crippen LogP contribution < -0.4 is 10.1 Å². The Labute approximate surface area is 156 Å². The number of hydrogen-bond donors (Lipinski definition) is 1. The molecule has 1 atom stereocenters. The van der Waals surface area contributed by atoms with Crippen molar-refractivity contribution < 1.29 is 9.53 Å². The van der Waals surface area contributed by atoms with E-state index >= 15 is 0 Å². The molecule has 27 heavy (non-hydrogen) atoms. The maximum Gasteiger partial charge on any atom is 0.258 e. The number of nitrogens with zero attached hydrogens (tertiary/aromatic N) is 6. The van der Waals surface area contributed by atoms with Crippen molar-refractivity contribution in [1.29, 1.82) is 0 Å². The maximum absolute atomic E-state index is 12.2. The molecule has 1 fully saturated rings. The molecule has 3 aromatic rings. The van der Waals surface area contributed by atoms with Crippen molar-refractivity contribution in [2.75, 3.05) is 19.7 Å². The number of hydrogen-bond acceptors (Lipinski definition) is 7. The molecule has 4 heterocycles. The van der Waals surface area contributed by atoms with Gasteiger partial charge in [0.15, 0.2) is 12.3 Å². The van der Waals surface area contributed by atoms with E-state index in [1.165, 1.54) is 16.4 Å². The van der Waals surface area contributed by atoms with Crippen molar-refractivity contribution in [3.63, 3.8) is 0 Å². The van der Waals surface area contributed by atoms with Gasteiger partial charge in [-0.3, -0.25) is 14.7 Å². The molecule has 0 bridgehead atoms. The van der Waals surface area contributed by atoms with Gasteiger partial charge in [0.05, 0.1) is 0 Å². The molecular weight excluding hydrogens is 346 g/mol. The van der Waals surface area contributed by atoms with Crippen LogP contribution in [-0.4, -0.2) is 61.3 Å². The molecule has 1 aliphatic heterocycles. The van der Waals surface area contributed by atoms with E-state index < -0.39 is 0 Å². The molecule has 1 saturated heterocycles. The van der Waals surface area contributed by atoms with E-state index in [1.807, 2.05) is 12.3 Å². The van der Waals surface area contributed by atoms with Crippen molar-refractivity contribution in [3.05, 3.63) is 48.5 Å². The van der Waals surface area contributed by atoms with Crippen LogP contribution in [-0.2, 0) is 11.3 Å². The van der Waals surface area contributed by atoms with Gasteiger partial charge >= 0.3 is 0 Å². The summed E-state index contributed by atoms with van der Waals surface area (Å²) in [7, 11) is 0. The van der Waals surface area contributed by atoms with Crippen molar-refractivity contribution in [2.45, 2.75) is 25.4 Å². The number of nitrogens with one attached hydrogen (secondary N) is 1. The minimum atomic E-state index is -0.145. The van der Waals surface area contributed by atoms with Crippen LogP contribution in [0.4, 0.5) is 0 Å².